The van der Waals surface area contributed by atoms with Gasteiger partial charge in [-0.05, 0) is 71.4 Å². The first kappa shape index (κ1) is 19.7. The van der Waals surface area contributed by atoms with Crippen LogP contribution in [-0.2, 0) is 17.6 Å². The molecule has 0 saturated heterocycles. The average molecular weight is 416 g/mol. The first-order valence-electron chi connectivity index (χ1n) is 9.67. The second-order valence-corrected chi connectivity index (χ2v) is 8.45. The van der Waals surface area contributed by atoms with Crippen molar-refractivity contribution in [1.82, 2.24) is 4.90 Å². The van der Waals surface area contributed by atoms with Gasteiger partial charge < -0.3 is 5.11 Å². The van der Waals surface area contributed by atoms with Crippen molar-refractivity contribution in [2.24, 2.45) is 0 Å². The van der Waals surface area contributed by atoms with E-state index in [-0.39, 0.29) is 18.4 Å². The molecule has 2 aromatic rings. The maximum absolute atomic E-state index is 13.0. The number of aliphatic hydroxyl groups is 1. The fraction of sp³-hybridized carbons (Fsp3) is 0.348. The van der Waals surface area contributed by atoms with Crippen LogP contribution in [0.1, 0.15) is 29.5 Å². The Morgan fingerprint density at radius 1 is 1.14 bits per heavy atom. The fourth-order valence-corrected chi connectivity index (χ4v) is 4.84. The van der Waals surface area contributed by atoms with Gasteiger partial charge in [-0.2, -0.15) is 0 Å². The van der Waals surface area contributed by atoms with Crippen molar-refractivity contribution in [2.75, 3.05) is 19.7 Å². The quantitative estimate of drug-likeness (QED) is 0.750. The molecule has 1 aliphatic carbocycles. The van der Waals surface area contributed by atoms with Gasteiger partial charge >= 0.3 is 0 Å². The molecule has 0 bridgehead atoms. The van der Waals surface area contributed by atoms with Crippen LogP contribution in [0.15, 0.2) is 48.0 Å². The minimum absolute atomic E-state index is 0.00416. The molecule has 0 fully saturated rings. The summed E-state index contributed by atoms with van der Waals surface area (Å²) in [5.74, 6) is 0.138. The van der Waals surface area contributed by atoms with Gasteiger partial charge in [-0.15, -0.1) is 0 Å². The van der Waals surface area contributed by atoms with Crippen LogP contribution in [0.5, 0.6) is 0 Å². The average Bonchev–Trinajstić information content (AvgIpc) is 3.03. The van der Waals surface area contributed by atoms with Crippen LogP contribution in [0.4, 0.5) is 0 Å². The zero-order valence-corrected chi connectivity index (χ0v) is 17.1. The molecular formula is C23H23Cl2NO2. The van der Waals surface area contributed by atoms with Gasteiger partial charge in [0.1, 0.15) is 0 Å². The molecule has 5 heteroatoms. The maximum atomic E-state index is 13.0. The van der Waals surface area contributed by atoms with E-state index in [1.54, 1.807) is 0 Å². The van der Waals surface area contributed by atoms with E-state index in [4.69, 9.17) is 23.2 Å². The molecule has 0 radical (unpaired) electrons. The molecule has 1 atom stereocenters. The van der Waals surface area contributed by atoms with Crippen LogP contribution in [0.3, 0.4) is 0 Å². The lowest BCUT2D eigenvalue weighted by molar-refractivity contribution is -0.124. The van der Waals surface area contributed by atoms with Gasteiger partial charge in [0.15, 0.2) is 5.78 Å². The van der Waals surface area contributed by atoms with Crippen molar-refractivity contribution in [1.29, 1.82) is 0 Å². The van der Waals surface area contributed by atoms with Gasteiger partial charge in [-0.25, -0.2) is 0 Å². The van der Waals surface area contributed by atoms with Crippen molar-refractivity contribution >= 4 is 34.6 Å². The van der Waals surface area contributed by atoms with Crippen molar-refractivity contribution in [3.8, 4) is 0 Å². The number of rotatable bonds is 6. The molecular weight excluding hydrogens is 393 g/mol. The van der Waals surface area contributed by atoms with Gasteiger partial charge in [-0.1, -0.05) is 41.4 Å². The van der Waals surface area contributed by atoms with E-state index in [1.165, 1.54) is 22.3 Å². The zero-order valence-electron chi connectivity index (χ0n) is 15.6. The van der Waals surface area contributed by atoms with E-state index >= 15 is 0 Å². The third-order valence-electron chi connectivity index (χ3n) is 5.75. The number of hydrogen-bond donors (Lipinski definition) is 1. The monoisotopic (exact) mass is 415 g/mol. The minimum atomic E-state index is -0.273. The summed E-state index contributed by atoms with van der Waals surface area (Å²) in [4.78, 5) is 15.3. The predicted molar refractivity (Wildman–Crippen MR) is 114 cm³/mol. The molecule has 0 amide bonds. The molecule has 146 valence electrons. The number of halogens is 2. The smallest absolute Gasteiger partial charge is 0.154 e. The fourth-order valence-electron chi connectivity index (χ4n) is 4.45. The zero-order chi connectivity index (χ0) is 19.7. The highest BCUT2D eigenvalue weighted by molar-refractivity contribution is 6.31. The Balaban J connectivity index is 1.51. The Labute approximate surface area is 175 Å². The van der Waals surface area contributed by atoms with E-state index in [0.717, 1.165) is 36.5 Å². The Morgan fingerprint density at radius 2 is 1.96 bits per heavy atom. The normalized spacial score (nSPS) is 17.4. The van der Waals surface area contributed by atoms with E-state index in [2.05, 4.69) is 17.0 Å². The molecule has 4 rings (SSSR count). The van der Waals surface area contributed by atoms with Gasteiger partial charge in [0, 0.05) is 36.2 Å². The number of hydrogen-bond acceptors (Lipinski definition) is 3. The summed E-state index contributed by atoms with van der Waals surface area (Å²) in [6, 6.07) is 13.3. The number of benzene rings is 2. The highest BCUT2D eigenvalue weighted by Gasteiger charge is 2.32. The van der Waals surface area contributed by atoms with Crippen LogP contribution in [0, 0.1) is 0 Å². The number of carbonyl (C=O) groups is 1. The summed E-state index contributed by atoms with van der Waals surface area (Å²) in [6.07, 6.45) is 2.63. The molecule has 2 aromatic carbocycles. The summed E-state index contributed by atoms with van der Waals surface area (Å²) < 4.78 is 0. The molecule has 28 heavy (non-hydrogen) atoms. The molecule has 1 aliphatic heterocycles. The first-order chi connectivity index (χ1) is 13.5. The second kappa shape index (κ2) is 8.38. The molecule has 1 unspecified atom stereocenters. The Hall–Kier alpha value is -1.65. The summed E-state index contributed by atoms with van der Waals surface area (Å²) in [5, 5.41) is 11.0. The highest BCUT2D eigenvalue weighted by atomic mass is 35.5. The number of ketones is 1. The van der Waals surface area contributed by atoms with E-state index < -0.39 is 0 Å². The van der Waals surface area contributed by atoms with Crippen molar-refractivity contribution in [3.63, 3.8) is 0 Å². The Bertz CT molecular complexity index is 938. The van der Waals surface area contributed by atoms with Crippen molar-refractivity contribution in [2.45, 2.75) is 31.7 Å². The second-order valence-electron chi connectivity index (χ2n) is 7.58. The lowest BCUT2D eigenvalue weighted by atomic mass is 9.94. The van der Waals surface area contributed by atoms with Crippen LogP contribution in [0.2, 0.25) is 10.0 Å². The van der Waals surface area contributed by atoms with Gasteiger partial charge in [0.25, 0.3) is 0 Å². The molecule has 3 nitrogen and oxygen atoms in total. The number of carbonyl (C=O) groups excluding carboxylic acids is 1. The topological polar surface area (TPSA) is 40.5 Å². The molecule has 0 saturated carbocycles. The van der Waals surface area contributed by atoms with Crippen LogP contribution in [-0.4, -0.2) is 41.5 Å². The predicted octanol–water partition coefficient (Wildman–Crippen LogP) is 4.57. The third kappa shape index (κ3) is 4.04. The summed E-state index contributed by atoms with van der Waals surface area (Å²) in [5.41, 5.74) is 6.27. The Kier molecular flexibility index (Phi) is 5.88. The van der Waals surface area contributed by atoms with E-state index in [9.17, 15) is 9.90 Å². The molecule has 0 spiro atoms. The summed E-state index contributed by atoms with van der Waals surface area (Å²) >= 11 is 12.2. The number of Topliss-reactive ketones (excluding diaryl/α,β-unsaturated/α-hetero) is 1. The lowest BCUT2D eigenvalue weighted by Gasteiger charge is -2.34. The Morgan fingerprint density at radius 3 is 2.75 bits per heavy atom. The number of aliphatic hydroxyl groups excluding tert-OH is 1. The van der Waals surface area contributed by atoms with Crippen molar-refractivity contribution in [3.05, 3.63) is 74.8 Å². The maximum Gasteiger partial charge on any atom is 0.154 e. The third-order valence-corrected chi connectivity index (χ3v) is 6.22. The standard InChI is InChI=1S/C23H23Cl2NO2/c24-18-3-1-2-15(10-18)11-23(28)22(7-9-27)26-8-6-20-17(14-26)12-16-4-5-19(25)13-21(16)20/h1-5,10,13,22,27H,6-9,11-12,14H2. The molecule has 1 N–H and O–H groups in total. The van der Waals surface area contributed by atoms with Crippen LogP contribution < -0.4 is 0 Å². The summed E-state index contributed by atoms with van der Waals surface area (Å²) in [6.45, 7) is 1.59. The SMILES string of the molecule is O=C(Cc1cccc(Cl)c1)C(CCO)N1CCC2=C(Cc3ccc(Cl)cc32)C1. The van der Waals surface area contributed by atoms with E-state index in [0.29, 0.717) is 17.9 Å². The molecule has 2 aliphatic rings. The largest absolute Gasteiger partial charge is 0.396 e. The van der Waals surface area contributed by atoms with Gasteiger partial charge in [-0.3, -0.25) is 9.69 Å². The molecule has 1 heterocycles. The number of fused-ring (bicyclic) bond motifs is 2. The van der Waals surface area contributed by atoms with Crippen LogP contribution >= 0.6 is 23.2 Å². The minimum Gasteiger partial charge on any atom is -0.396 e. The van der Waals surface area contributed by atoms with Gasteiger partial charge in [0.05, 0.1) is 6.04 Å². The van der Waals surface area contributed by atoms with Crippen molar-refractivity contribution < 1.29 is 9.90 Å². The van der Waals surface area contributed by atoms with Gasteiger partial charge in [0.2, 0.25) is 0 Å². The highest BCUT2D eigenvalue weighted by Crippen LogP contribution is 2.39. The molecule has 0 aromatic heterocycles. The van der Waals surface area contributed by atoms with Crippen LogP contribution in [0.25, 0.3) is 5.57 Å². The lowest BCUT2D eigenvalue weighted by Crippen LogP contribution is -2.45. The summed E-state index contributed by atoms with van der Waals surface area (Å²) in [7, 11) is 0. The van der Waals surface area contributed by atoms with E-state index in [1.807, 2.05) is 30.3 Å². The first-order valence-corrected chi connectivity index (χ1v) is 10.4. The number of nitrogens with zero attached hydrogens (tertiary/aromatic N) is 1.